The van der Waals surface area contributed by atoms with Gasteiger partial charge in [-0.15, -0.1) is 0 Å². The molecule has 0 atom stereocenters. The number of aromatic nitrogens is 3. The van der Waals surface area contributed by atoms with Crippen molar-refractivity contribution >= 4 is 17.0 Å². The van der Waals surface area contributed by atoms with Crippen molar-refractivity contribution < 1.29 is 9.53 Å². The van der Waals surface area contributed by atoms with Gasteiger partial charge < -0.3 is 4.74 Å². The van der Waals surface area contributed by atoms with E-state index in [4.69, 9.17) is 4.74 Å². The molecule has 0 saturated heterocycles. The number of fused-ring (bicyclic) bond motifs is 1. The molecule has 1 aromatic carbocycles. The predicted octanol–water partition coefficient (Wildman–Crippen LogP) is 2.70. The second-order valence-corrected chi connectivity index (χ2v) is 5.10. The largest absolute Gasteiger partial charge is 0.462 e. The van der Waals surface area contributed by atoms with Crippen LogP contribution in [0.25, 0.3) is 11.0 Å². The molecule has 0 aliphatic heterocycles. The van der Waals surface area contributed by atoms with Gasteiger partial charge in [0, 0.05) is 0 Å². The van der Waals surface area contributed by atoms with Crippen LogP contribution in [0.5, 0.6) is 0 Å². The summed E-state index contributed by atoms with van der Waals surface area (Å²) < 4.78 is 5.32. The molecule has 0 radical (unpaired) electrons. The van der Waals surface area contributed by atoms with Crippen molar-refractivity contribution in [3.63, 3.8) is 0 Å². The summed E-state index contributed by atoms with van der Waals surface area (Å²) >= 11 is 0. The minimum Gasteiger partial charge on any atom is -0.462 e. The molecular formula is C14H17N3O2. The lowest BCUT2D eigenvalue weighted by Crippen LogP contribution is -2.09. The summed E-state index contributed by atoms with van der Waals surface area (Å²) in [5, 5.41) is 10.4. The summed E-state index contributed by atoms with van der Waals surface area (Å²) in [7, 11) is 0. The van der Waals surface area contributed by atoms with Gasteiger partial charge >= 0.3 is 5.97 Å². The number of esters is 1. The van der Waals surface area contributed by atoms with Gasteiger partial charge in [-0.2, -0.15) is 15.4 Å². The van der Waals surface area contributed by atoms with Gasteiger partial charge in [0.05, 0.1) is 12.2 Å². The number of rotatable bonds is 4. The molecule has 1 saturated carbocycles. The van der Waals surface area contributed by atoms with E-state index in [2.05, 4.69) is 15.4 Å². The van der Waals surface area contributed by atoms with E-state index in [1.807, 2.05) is 0 Å². The SMILES string of the molecule is O=C(OCCC1CCCC1)c1ccc2n[nH]nc2c1. The summed E-state index contributed by atoms with van der Waals surface area (Å²) in [6, 6.07) is 5.20. The number of hydrogen-bond acceptors (Lipinski definition) is 4. The van der Waals surface area contributed by atoms with Crippen LogP contribution in [0.1, 0.15) is 42.5 Å². The van der Waals surface area contributed by atoms with Crippen molar-refractivity contribution in [3.05, 3.63) is 23.8 Å². The molecule has 1 aromatic heterocycles. The van der Waals surface area contributed by atoms with Crippen LogP contribution in [0.15, 0.2) is 18.2 Å². The summed E-state index contributed by atoms with van der Waals surface area (Å²) in [5.74, 6) is 0.466. The molecule has 0 bridgehead atoms. The highest BCUT2D eigenvalue weighted by atomic mass is 16.5. The zero-order chi connectivity index (χ0) is 13.1. The summed E-state index contributed by atoms with van der Waals surface area (Å²) in [4.78, 5) is 11.9. The van der Waals surface area contributed by atoms with Crippen molar-refractivity contribution in [2.45, 2.75) is 32.1 Å². The number of aromatic amines is 1. The molecule has 5 nitrogen and oxygen atoms in total. The van der Waals surface area contributed by atoms with Crippen molar-refractivity contribution in [3.8, 4) is 0 Å². The second-order valence-electron chi connectivity index (χ2n) is 5.10. The minimum absolute atomic E-state index is 0.275. The third-order valence-electron chi connectivity index (χ3n) is 3.79. The first-order chi connectivity index (χ1) is 9.33. The fourth-order valence-electron chi connectivity index (χ4n) is 2.67. The Hall–Kier alpha value is -1.91. The van der Waals surface area contributed by atoms with E-state index >= 15 is 0 Å². The average Bonchev–Trinajstić information content (AvgIpc) is 3.08. The standard InChI is InChI=1S/C14H17N3O2/c18-14(19-8-7-10-3-1-2-4-10)11-5-6-12-13(9-11)16-17-15-12/h5-6,9-10H,1-4,7-8H2,(H,15,16,17). The Morgan fingerprint density at radius 1 is 1.26 bits per heavy atom. The zero-order valence-electron chi connectivity index (χ0n) is 10.8. The molecule has 1 aliphatic rings. The van der Waals surface area contributed by atoms with Crippen LogP contribution >= 0.6 is 0 Å². The topological polar surface area (TPSA) is 67.9 Å². The summed E-state index contributed by atoms with van der Waals surface area (Å²) in [5.41, 5.74) is 1.97. The Bertz CT molecular complexity index is 573. The maximum atomic E-state index is 11.9. The molecule has 5 heteroatoms. The molecule has 100 valence electrons. The fraction of sp³-hybridized carbons (Fsp3) is 0.500. The van der Waals surface area contributed by atoms with Gasteiger partial charge in [0.2, 0.25) is 0 Å². The first-order valence-electron chi connectivity index (χ1n) is 6.80. The molecule has 1 heterocycles. The molecule has 0 unspecified atom stereocenters. The van der Waals surface area contributed by atoms with Crippen LogP contribution < -0.4 is 0 Å². The van der Waals surface area contributed by atoms with E-state index in [-0.39, 0.29) is 5.97 Å². The van der Waals surface area contributed by atoms with Crippen LogP contribution in [0.3, 0.4) is 0 Å². The second kappa shape index (κ2) is 5.38. The Morgan fingerprint density at radius 2 is 2.05 bits per heavy atom. The van der Waals surface area contributed by atoms with Gasteiger partial charge in [-0.05, 0) is 30.5 Å². The van der Waals surface area contributed by atoms with E-state index in [1.54, 1.807) is 18.2 Å². The number of nitrogens with zero attached hydrogens (tertiary/aromatic N) is 2. The molecule has 1 aliphatic carbocycles. The number of ether oxygens (including phenoxy) is 1. The molecule has 3 rings (SSSR count). The number of benzene rings is 1. The molecule has 2 aromatic rings. The maximum Gasteiger partial charge on any atom is 0.338 e. The van der Waals surface area contributed by atoms with Gasteiger partial charge in [-0.25, -0.2) is 4.79 Å². The van der Waals surface area contributed by atoms with Crippen LogP contribution in [-0.4, -0.2) is 28.0 Å². The highest BCUT2D eigenvalue weighted by molar-refractivity contribution is 5.93. The number of nitrogens with one attached hydrogen (secondary N) is 1. The molecule has 19 heavy (non-hydrogen) atoms. The molecular weight excluding hydrogens is 242 g/mol. The Balaban J connectivity index is 1.56. The number of carbonyl (C=O) groups is 1. The van der Waals surface area contributed by atoms with E-state index in [0.29, 0.717) is 17.7 Å². The fourth-order valence-corrected chi connectivity index (χ4v) is 2.67. The van der Waals surface area contributed by atoms with E-state index in [0.717, 1.165) is 17.9 Å². The van der Waals surface area contributed by atoms with Gasteiger partial charge in [0.15, 0.2) is 0 Å². The quantitative estimate of drug-likeness (QED) is 0.857. The van der Waals surface area contributed by atoms with Crippen LogP contribution in [-0.2, 0) is 4.74 Å². The number of H-pyrrole nitrogens is 1. The normalized spacial score (nSPS) is 16.0. The van der Waals surface area contributed by atoms with Gasteiger partial charge in [-0.1, -0.05) is 25.7 Å². The number of carbonyl (C=O) groups excluding carboxylic acids is 1. The Morgan fingerprint density at radius 3 is 2.89 bits per heavy atom. The van der Waals surface area contributed by atoms with Gasteiger partial charge in [0.25, 0.3) is 0 Å². The van der Waals surface area contributed by atoms with Crippen molar-refractivity contribution in [2.75, 3.05) is 6.61 Å². The Labute approximate surface area is 111 Å². The third kappa shape index (κ3) is 2.75. The van der Waals surface area contributed by atoms with Gasteiger partial charge in [0.1, 0.15) is 11.0 Å². The first-order valence-corrected chi connectivity index (χ1v) is 6.80. The summed E-state index contributed by atoms with van der Waals surface area (Å²) in [6.07, 6.45) is 6.19. The molecule has 1 N–H and O–H groups in total. The Kier molecular flexibility index (Phi) is 3.44. The molecule has 0 spiro atoms. The molecule has 1 fully saturated rings. The van der Waals surface area contributed by atoms with E-state index in [1.165, 1.54) is 25.7 Å². The van der Waals surface area contributed by atoms with Crippen LogP contribution in [0.4, 0.5) is 0 Å². The van der Waals surface area contributed by atoms with Crippen molar-refractivity contribution in [1.29, 1.82) is 0 Å². The minimum atomic E-state index is -0.275. The van der Waals surface area contributed by atoms with Crippen molar-refractivity contribution in [1.82, 2.24) is 15.4 Å². The predicted molar refractivity (Wildman–Crippen MR) is 70.7 cm³/mol. The highest BCUT2D eigenvalue weighted by Crippen LogP contribution is 2.27. The monoisotopic (exact) mass is 259 g/mol. The van der Waals surface area contributed by atoms with Crippen molar-refractivity contribution in [2.24, 2.45) is 5.92 Å². The smallest absolute Gasteiger partial charge is 0.338 e. The van der Waals surface area contributed by atoms with Gasteiger partial charge in [-0.3, -0.25) is 0 Å². The lowest BCUT2D eigenvalue weighted by molar-refractivity contribution is 0.0483. The van der Waals surface area contributed by atoms with E-state index < -0.39 is 0 Å². The van der Waals surface area contributed by atoms with E-state index in [9.17, 15) is 4.79 Å². The first kappa shape index (κ1) is 12.1. The van der Waals surface area contributed by atoms with Crippen LogP contribution in [0, 0.1) is 5.92 Å². The van der Waals surface area contributed by atoms with Crippen LogP contribution in [0.2, 0.25) is 0 Å². The lowest BCUT2D eigenvalue weighted by atomic mass is 10.1. The zero-order valence-corrected chi connectivity index (χ0v) is 10.8. The average molecular weight is 259 g/mol. The highest BCUT2D eigenvalue weighted by Gasteiger charge is 2.16. The maximum absolute atomic E-state index is 11.9. The third-order valence-corrected chi connectivity index (χ3v) is 3.79. The number of hydrogen-bond donors (Lipinski definition) is 1. The lowest BCUT2D eigenvalue weighted by Gasteiger charge is -2.09. The molecule has 0 amide bonds. The summed E-state index contributed by atoms with van der Waals surface area (Å²) in [6.45, 7) is 0.514.